The minimum Gasteiger partial charge on any atom is -0.463 e. The molecule has 10 heavy (non-hydrogen) atoms. The lowest BCUT2D eigenvalue weighted by Gasteiger charge is -2.08. The average Bonchev–Trinajstić information content (AvgIpc) is 1.58. The highest BCUT2D eigenvalue weighted by Gasteiger charge is 2.07. The summed E-state index contributed by atoms with van der Waals surface area (Å²) in [5, 5.41) is 0. The molecule has 0 saturated carbocycles. The average molecular weight is 144 g/mol. The van der Waals surface area contributed by atoms with Gasteiger partial charge in [-0.25, -0.2) is 0 Å². The van der Waals surface area contributed by atoms with Crippen molar-refractivity contribution in [2.75, 3.05) is 0 Å². The highest BCUT2D eigenvalue weighted by molar-refractivity contribution is 5.70. The molecule has 0 heterocycles. The monoisotopic (exact) mass is 144 g/mol. The third kappa shape index (κ3) is 5.56. The van der Waals surface area contributed by atoms with Gasteiger partial charge in [0, 0.05) is 6.04 Å². The minimum atomic E-state index is -0.355. The van der Waals surface area contributed by atoms with E-state index in [9.17, 15) is 4.79 Å². The first kappa shape index (κ1) is 9.43. The fraction of sp³-hybridized carbons (Fsp3) is 0.857. The molecular weight excluding hydrogens is 130 g/mol. The van der Waals surface area contributed by atoms with Crippen molar-refractivity contribution in [3.8, 4) is 0 Å². The zero-order valence-corrected chi connectivity index (χ0v) is 6.68. The normalized spacial score (nSPS) is 13.3. The predicted molar refractivity (Wildman–Crippen MR) is 38.4 cm³/mol. The molecule has 0 aliphatic carbocycles. The molecular formula is C7H14NO2. The summed E-state index contributed by atoms with van der Waals surface area (Å²) in [7, 11) is 0. The molecule has 0 aromatic rings. The van der Waals surface area contributed by atoms with E-state index < -0.39 is 0 Å². The van der Waals surface area contributed by atoms with Crippen LogP contribution in [-0.4, -0.2) is 18.1 Å². The Morgan fingerprint density at radius 1 is 1.50 bits per heavy atom. The molecule has 59 valence electrons. The number of esters is 1. The summed E-state index contributed by atoms with van der Waals surface area (Å²) in [6, 6.07) is -0.355. The molecule has 3 heteroatoms. The molecule has 1 radical (unpaired) electrons. The van der Waals surface area contributed by atoms with Gasteiger partial charge in [0.25, 0.3) is 0 Å². The van der Waals surface area contributed by atoms with Crippen molar-refractivity contribution in [2.24, 2.45) is 0 Å². The van der Waals surface area contributed by atoms with Gasteiger partial charge in [0.15, 0.2) is 0 Å². The summed E-state index contributed by atoms with van der Waals surface area (Å²) in [6.45, 7) is 5.26. The zero-order valence-electron chi connectivity index (χ0n) is 6.68. The summed E-state index contributed by atoms with van der Waals surface area (Å²) in [5.74, 6) is -0.280. The molecule has 0 fully saturated rings. The number of hydrogen-bond donors (Lipinski definition) is 0. The van der Waals surface area contributed by atoms with Gasteiger partial charge in [-0.1, -0.05) is 0 Å². The molecule has 1 N–H and O–H groups in total. The Kier molecular flexibility index (Phi) is 4.03. The Hall–Kier alpha value is -0.570. The maximum Gasteiger partial charge on any atom is 0.307 e. The number of rotatable bonds is 3. The smallest absolute Gasteiger partial charge is 0.307 e. The molecule has 0 aromatic carbocycles. The summed E-state index contributed by atoms with van der Waals surface area (Å²) < 4.78 is 4.80. The van der Waals surface area contributed by atoms with Gasteiger partial charge < -0.3 is 4.74 Å². The molecule has 0 saturated heterocycles. The molecule has 0 spiro atoms. The highest BCUT2D eigenvalue weighted by Crippen LogP contribution is 1.95. The van der Waals surface area contributed by atoms with Crippen molar-refractivity contribution in [2.45, 2.75) is 39.3 Å². The molecule has 0 aliphatic rings. The third-order valence-electron chi connectivity index (χ3n) is 0.840. The van der Waals surface area contributed by atoms with Crippen LogP contribution >= 0.6 is 0 Å². The van der Waals surface area contributed by atoms with Crippen molar-refractivity contribution in [3.63, 3.8) is 0 Å². The van der Waals surface area contributed by atoms with E-state index >= 15 is 0 Å². The van der Waals surface area contributed by atoms with Gasteiger partial charge >= 0.3 is 5.97 Å². The van der Waals surface area contributed by atoms with Crippen molar-refractivity contribution < 1.29 is 9.53 Å². The Balaban J connectivity index is 3.44. The standard InChI is InChI=1S/C7H14NO2/c1-5(2)10-7(9)4-6(3)8/h5-6,8H,4H2,1-3H3. The summed E-state index contributed by atoms with van der Waals surface area (Å²) in [5.41, 5.74) is 7.05. The van der Waals surface area contributed by atoms with Crippen LogP contribution in [0.4, 0.5) is 0 Å². The number of carbonyl (C=O) groups excluding carboxylic acids is 1. The Labute approximate surface area is 61.5 Å². The Morgan fingerprint density at radius 2 is 2.00 bits per heavy atom. The first-order valence-electron chi connectivity index (χ1n) is 3.43. The van der Waals surface area contributed by atoms with Crippen LogP contribution < -0.4 is 5.73 Å². The van der Waals surface area contributed by atoms with Crippen molar-refractivity contribution in [3.05, 3.63) is 0 Å². The second-order valence-electron chi connectivity index (χ2n) is 2.64. The molecule has 0 aromatic heterocycles. The largest absolute Gasteiger partial charge is 0.463 e. The van der Waals surface area contributed by atoms with E-state index in [2.05, 4.69) is 0 Å². The third-order valence-corrected chi connectivity index (χ3v) is 0.840. The molecule has 1 atom stereocenters. The van der Waals surface area contributed by atoms with Crippen LogP contribution in [0.15, 0.2) is 0 Å². The van der Waals surface area contributed by atoms with Crippen molar-refractivity contribution in [1.82, 2.24) is 5.73 Å². The summed E-state index contributed by atoms with van der Waals surface area (Å²) in [4.78, 5) is 10.7. The van der Waals surface area contributed by atoms with E-state index in [4.69, 9.17) is 10.5 Å². The number of ether oxygens (including phenoxy) is 1. The molecule has 0 amide bonds. The number of hydrogen-bond acceptors (Lipinski definition) is 2. The van der Waals surface area contributed by atoms with Gasteiger partial charge in [0.05, 0.1) is 12.5 Å². The van der Waals surface area contributed by atoms with Crippen LogP contribution in [0.5, 0.6) is 0 Å². The Morgan fingerprint density at radius 3 is 2.30 bits per heavy atom. The Bertz CT molecular complexity index is 98.2. The maximum absolute atomic E-state index is 10.7. The van der Waals surface area contributed by atoms with Crippen LogP contribution in [-0.2, 0) is 9.53 Å². The quantitative estimate of drug-likeness (QED) is 0.555. The molecule has 1 unspecified atom stereocenters. The van der Waals surface area contributed by atoms with E-state index in [0.717, 1.165) is 0 Å². The van der Waals surface area contributed by atoms with E-state index in [-0.39, 0.29) is 24.5 Å². The van der Waals surface area contributed by atoms with Crippen LogP contribution in [0.1, 0.15) is 27.2 Å². The predicted octanol–water partition coefficient (Wildman–Crippen LogP) is 0.999. The topological polar surface area (TPSA) is 50.1 Å². The molecule has 0 rings (SSSR count). The van der Waals surface area contributed by atoms with E-state index in [1.54, 1.807) is 20.8 Å². The van der Waals surface area contributed by atoms with Gasteiger partial charge in [-0.05, 0) is 20.8 Å². The van der Waals surface area contributed by atoms with Crippen LogP contribution in [0, 0.1) is 0 Å². The number of carbonyl (C=O) groups is 1. The zero-order chi connectivity index (χ0) is 8.15. The number of nitrogens with one attached hydrogen (secondary N) is 1. The molecule has 0 aliphatic heterocycles. The van der Waals surface area contributed by atoms with Crippen LogP contribution in [0.2, 0.25) is 0 Å². The van der Waals surface area contributed by atoms with Crippen LogP contribution in [0.3, 0.4) is 0 Å². The first-order valence-corrected chi connectivity index (χ1v) is 3.43. The second-order valence-corrected chi connectivity index (χ2v) is 2.64. The van der Waals surface area contributed by atoms with Gasteiger partial charge in [-0.3, -0.25) is 10.5 Å². The lowest BCUT2D eigenvalue weighted by Crippen LogP contribution is -2.17. The molecule has 3 nitrogen and oxygen atoms in total. The van der Waals surface area contributed by atoms with Crippen LogP contribution in [0.25, 0.3) is 0 Å². The van der Waals surface area contributed by atoms with E-state index in [1.165, 1.54) is 0 Å². The SMILES string of the molecule is CC([NH])CC(=O)OC(C)C. The van der Waals surface area contributed by atoms with Gasteiger partial charge in [-0.2, -0.15) is 0 Å². The van der Waals surface area contributed by atoms with Gasteiger partial charge in [0.1, 0.15) is 0 Å². The lowest BCUT2D eigenvalue weighted by atomic mass is 10.2. The second kappa shape index (κ2) is 4.28. The lowest BCUT2D eigenvalue weighted by molar-refractivity contribution is -0.147. The fourth-order valence-electron chi connectivity index (χ4n) is 0.561. The van der Waals surface area contributed by atoms with Gasteiger partial charge in [0.2, 0.25) is 0 Å². The van der Waals surface area contributed by atoms with E-state index in [0.29, 0.717) is 0 Å². The van der Waals surface area contributed by atoms with Gasteiger partial charge in [-0.15, -0.1) is 0 Å². The summed E-state index contributed by atoms with van der Waals surface area (Å²) in [6.07, 6.45) is 0.129. The molecule has 0 bridgehead atoms. The van der Waals surface area contributed by atoms with E-state index in [1.807, 2.05) is 0 Å². The first-order chi connectivity index (χ1) is 4.52. The highest BCUT2D eigenvalue weighted by atomic mass is 16.5. The fourth-order valence-corrected chi connectivity index (χ4v) is 0.561. The van der Waals surface area contributed by atoms with Crippen molar-refractivity contribution in [1.29, 1.82) is 0 Å². The summed E-state index contributed by atoms with van der Waals surface area (Å²) >= 11 is 0. The minimum absolute atomic E-state index is 0.0637. The maximum atomic E-state index is 10.7. The van der Waals surface area contributed by atoms with Crippen molar-refractivity contribution >= 4 is 5.97 Å².